The molecule has 2 aromatic rings. The van der Waals surface area contributed by atoms with Gasteiger partial charge in [0, 0.05) is 6.20 Å². The van der Waals surface area contributed by atoms with Gasteiger partial charge in [-0.05, 0) is 24.5 Å². The number of rotatable bonds is 4. The topological polar surface area (TPSA) is 41.6 Å². The van der Waals surface area contributed by atoms with Crippen LogP contribution in [0.15, 0.2) is 12.3 Å². The molecule has 0 spiro atoms. The average molecular weight is 188 g/mol. The van der Waals surface area contributed by atoms with Gasteiger partial charge in [-0.25, -0.2) is 9.97 Å². The average Bonchev–Trinajstić information content (AvgIpc) is 2.65. The van der Waals surface area contributed by atoms with Gasteiger partial charge in [-0.2, -0.15) is 0 Å². The third kappa shape index (κ3) is 1.92. The van der Waals surface area contributed by atoms with E-state index < -0.39 is 0 Å². The predicted octanol–water partition coefficient (Wildman–Crippen LogP) is 2.49. The molecule has 0 aliphatic rings. The van der Waals surface area contributed by atoms with Gasteiger partial charge in [0.2, 0.25) is 0 Å². The highest BCUT2D eigenvalue weighted by molar-refractivity contribution is 5.69. The van der Waals surface area contributed by atoms with Crippen molar-refractivity contribution < 1.29 is 0 Å². The summed E-state index contributed by atoms with van der Waals surface area (Å²) in [6.07, 6.45) is 9.49. The van der Waals surface area contributed by atoms with Crippen LogP contribution in [0.2, 0.25) is 0 Å². The molecular formula is C11H14N3. The summed E-state index contributed by atoms with van der Waals surface area (Å²) in [4.78, 5) is 11.2. The minimum absolute atomic E-state index is 0.823. The summed E-state index contributed by atoms with van der Waals surface area (Å²) in [5.74, 6) is 0. The number of imidazole rings is 1. The van der Waals surface area contributed by atoms with Crippen molar-refractivity contribution in [2.45, 2.75) is 32.6 Å². The van der Waals surface area contributed by atoms with E-state index in [-0.39, 0.29) is 0 Å². The Hall–Kier alpha value is -1.38. The molecule has 0 aromatic carbocycles. The Labute approximate surface area is 83.6 Å². The number of H-pyrrole nitrogens is 1. The summed E-state index contributed by atoms with van der Waals surface area (Å²) in [6.45, 7) is 2.21. The summed E-state index contributed by atoms with van der Waals surface area (Å²) in [5, 5.41) is 0. The van der Waals surface area contributed by atoms with E-state index in [9.17, 15) is 0 Å². The van der Waals surface area contributed by atoms with Gasteiger partial charge >= 0.3 is 0 Å². The fourth-order valence-corrected chi connectivity index (χ4v) is 1.53. The van der Waals surface area contributed by atoms with E-state index in [1.165, 1.54) is 24.8 Å². The van der Waals surface area contributed by atoms with Crippen molar-refractivity contribution in [3.05, 3.63) is 24.2 Å². The molecule has 0 amide bonds. The molecule has 0 saturated carbocycles. The smallest absolute Gasteiger partial charge is 0.175 e. The molecule has 2 aromatic heterocycles. The zero-order chi connectivity index (χ0) is 9.80. The minimum Gasteiger partial charge on any atom is -0.320 e. The van der Waals surface area contributed by atoms with Gasteiger partial charge in [0.05, 0.1) is 0 Å². The van der Waals surface area contributed by atoms with E-state index in [0.717, 1.165) is 17.6 Å². The van der Waals surface area contributed by atoms with Crippen molar-refractivity contribution in [2.24, 2.45) is 0 Å². The number of hydrogen-bond donors (Lipinski definition) is 1. The van der Waals surface area contributed by atoms with Crippen LogP contribution < -0.4 is 0 Å². The van der Waals surface area contributed by atoms with Crippen molar-refractivity contribution >= 4 is 11.2 Å². The van der Waals surface area contributed by atoms with Crippen LogP contribution in [-0.2, 0) is 6.42 Å². The van der Waals surface area contributed by atoms with Crippen LogP contribution >= 0.6 is 0 Å². The Balaban J connectivity index is 2.10. The van der Waals surface area contributed by atoms with Crippen molar-refractivity contribution in [1.29, 1.82) is 0 Å². The molecule has 73 valence electrons. The Morgan fingerprint density at radius 2 is 2.36 bits per heavy atom. The first-order valence-corrected chi connectivity index (χ1v) is 5.11. The molecule has 0 aliphatic carbocycles. The van der Waals surface area contributed by atoms with Crippen LogP contribution in [0, 0.1) is 6.33 Å². The monoisotopic (exact) mass is 188 g/mol. The maximum absolute atomic E-state index is 4.27. The van der Waals surface area contributed by atoms with Gasteiger partial charge in [0.15, 0.2) is 12.0 Å². The lowest BCUT2D eigenvalue weighted by molar-refractivity contribution is 0.716. The number of nitrogens with zero attached hydrogens (tertiary/aromatic N) is 2. The van der Waals surface area contributed by atoms with E-state index in [4.69, 9.17) is 0 Å². The minimum atomic E-state index is 0.823. The van der Waals surface area contributed by atoms with Gasteiger partial charge < -0.3 is 4.98 Å². The number of pyridine rings is 1. The molecular weight excluding hydrogens is 174 g/mol. The summed E-state index contributed by atoms with van der Waals surface area (Å²) in [6, 6.07) is 2.09. The van der Waals surface area contributed by atoms with Crippen LogP contribution in [0.3, 0.4) is 0 Å². The second kappa shape index (κ2) is 4.22. The standard InChI is InChI=1S/C11H14N3/c1-2-3-4-5-9-6-10-11(12-7-9)14-8-13-10/h6-7H,2-5H2,1H3,(H,12,13,14). The van der Waals surface area contributed by atoms with Crippen molar-refractivity contribution in [2.75, 3.05) is 0 Å². The number of nitrogens with one attached hydrogen (secondary N) is 1. The van der Waals surface area contributed by atoms with Gasteiger partial charge in [-0.15, -0.1) is 0 Å². The van der Waals surface area contributed by atoms with Crippen LogP contribution in [0.1, 0.15) is 31.7 Å². The van der Waals surface area contributed by atoms with Crippen LogP contribution in [-0.4, -0.2) is 15.0 Å². The number of unbranched alkanes of at least 4 members (excludes halogenated alkanes) is 2. The molecule has 0 unspecified atom stereocenters. The predicted molar refractivity (Wildman–Crippen MR) is 56.0 cm³/mol. The zero-order valence-corrected chi connectivity index (χ0v) is 8.38. The summed E-state index contributed by atoms with van der Waals surface area (Å²) in [7, 11) is 0. The normalized spacial score (nSPS) is 10.9. The Kier molecular flexibility index (Phi) is 2.77. The highest BCUT2D eigenvalue weighted by Crippen LogP contribution is 2.10. The Morgan fingerprint density at radius 3 is 3.21 bits per heavy atom. The van der Waals surface area contributed by atoms with Crippen LogP contribution in [0.25, 0.3) is 11.2 Å². The van der Waals surface area contributed by atoms with Crippen molar-refractivity contribution in [3.8, 4) is 0 Å². The number of hydrogen-bond acceptors (Lipinski definition) is 2. The largest absolute Gasteiger partial charge is 0.320 e. The van der Waals surface area contributed by atoms with Crippen LogP contribution in [0.4, 0.5) is 0 Å². The quantitative estimate of drug-likeness (QED) is 0.749. The van der Waals surface area contributed by atoms with Crippen LogP contribution in [0.5, 0.6) is 0 Å². The molecule has 2 rings (SSSR count). The van der Waals surface area contributed by atoms with E-state index >= 15 is 0 Å². The maximum Gasteiger partial charge on any atom is 0.175 e. The molecule has 3 heteroatoms. The molecule has 0 bridgehead atoms. The molecule has 0 atom stereocenters. The Bertz CT molecular complexity index is 406. The van der Waals surface area contributed by atoms with Gasteiger partial charge in [-0.1, -0.05) is 19.8 Å². The van der Waals surface area contributed by atoms with Gasteiger partial charge in [0.25, 0.3) is 0 Å². The summed E-state index contributed by atoms with van der Waals surface area (Å²) in [5.41, 5.74) is 3.01. The first-order valence-electron chi connectivity index (χ1n) is 5.11. The summed E-state index contributed by atoms with van der Waals surface area (Å²) < 4.78 is 0. The molecule has 0 aliphatic heterocycles. The Morgan fingerprint density at radius 1 is 1.43 bits per heavy atom. The van der Waals surface area contributed by atoms with E-state index in [1.807, 2.05) is 6.20 Å². The third-order valence-electron chi connectivity index (χ3n) is 2.34. The lowest BCUT2D eigenvalue weighted by Crippen LogP contribution is -1.87. The SMILES string of the molecule is CCCCCc1cnc2[nH][c]nc2c1. The molecule has 2 heterocycles. The second-order valence-corrected chi connectivity index (χ2v) is 3.52. The number of aryl methyl sites for hydroxylation is 1. The third-order valence-corrected chi connectivity index (χ3v) is 2.34. The maximum atomic E-state index is 4.27. The van der Waals surface area contributed by atoms with Crippen molar-refractivity contribution in [1.82, 2.24) is 15.0 Å². The first-order chi connectivity index (χ1) is 6.90. The van der Waals surface area contributed by atoms with Crippen molar-refractivity contribution in [3.63, 3.8) is 0 Å². The zero-order valence-electron chi connectivity index (χ0n) is 8.38. The summed E-state index contributed by atoms with van der Waals surface area (Å²) >= 11 is 0. The van der Waals surface area contributed by atoms with E-state index in [1.54, 1.807) is 0 Å². The molecule has 0 fully saturated rings. The highest BCUT2D eigenvalue weighted by atomic mass is 14.9. The lowest BCUT2D eigenvalue weighted by Gasteiger charge is -1.99. The van der Waals surface area contributed by atoms with E-state index in [0.29, 0.717) is 0 Å². The molecule has 1 radical (unpaired) electrons. The molecule has 0 saturated heterocycles. The number of aromatic nitrogens is 3. The molecule has 3 nitrogen and oxygen atoms in total. The lowest BCUT2D eigenvalue weighted by atomic mass is 10.1. The highest BCUT2D eigenvalue weighted by Gasteiger charge is 1.99. The fourth-order valence-electron chi connectivity index (χ4n) is 1.53. The molecule has 14 heavy (non-hydrogen) atoms. The number of aromatic amines is 1. The fraction of sp³-hybridized carbons (Fsp3) is 0.455. The second-order valence-electron chi connectivity index (χ2n) is 3.52. The van der Waals surface area contributed by atoms with Gasteiger partial charge in [0.1, 0.15) is 5.52 Å². The number of fused-ring (bicyclic) bond motifs is 1. The molecule has 1 N–H and O–H groups in total. The van der Waals surface area contributed by atoms with Gasteiger partial charge in [-0.3, -0.25) is 0 Å². The first kappa shape index (κ1) is 9.19. The van der Waals surface area contributed by atoms with E-state index in [2.05, 4.69) is 34.3 Å².